The summed E-state index contributed by atoms with van der Waals surface area (Å²) in [4.78, 5) is 15.1. The largest absolute Gasteiger partial charge is 0.349 e. The second kappa shape index (κ2) is 7.00. The Morgan fingerprint density at radius 1 is 1.24 bits per heavy atom. The number of H-pyrrole nitrogens is 1. The lowest BCUT2D eigenvalue weighted by atomic mass is 9.94. The number of aromatic nitrogens is 3. The Morgan fingerprint density at radius 3 is 2.88 bits per heavy atom. The van der Waals surface area contributed by atoms with E-state index in [0.717, 1.165) is 41.5 Å². The molecule has 3 aromatic rings. The van der Waals surface area contributed by atoms with Crippen LogP contribution in [-0.2, 0) is 0 Å². The number of nitrogens with zero attached hydrogens (tertiary/aromatic N) is 3. The summed E-state index contributed by atoms with van der Waals surface area (Å²) in [5.74, 6) is 0. The fourth-order valence-corrected chi connectivity index (χ4v) is 4.47. The van der Waals surface area contributed by atoms with Gasteiger partial charge in [0.05, 0.1) is 5.69 Å². The molecule has 25 heavy (non-hydrogen) atoms. The van der Waals surface area contributed by atoms with Gasteiger partial charge in [-0.15, -0.1) is 11.3 Å². The summed E-state index contributed by atoms with van der Waals surface area (Å²) < 4.78 is 0. The zero-order valence-electron chi connectivity index (χ0n) is 14.9. The van der Waals surface area contributed by atoms with Crippen LogP contribution in [0.4, 0.5) is 5.13 Å². The van der Waals surface area contributed by atoms with Crippen molar-refractivity contribution in [3.8, 4) is 11.3 Å². The van der Waals surface area contributed by atoms with Crippen molar-refractivity contribution >= 4 is 33.1 Å². The van der Waals surface area contributed by atoms with Crippen molar-refractivity contribution in [2.24, 2.45) is 0 Å². The molecule has 4 nitrogen and oxygen atoms in total. The summed E-state index contributed by atoms with van der Waals surface area (Å²) in [6.45, 7) is 6.31. The lowest BCUT2D eigenvalue weighted by Gasteiger charge is -2.16. The molecule has 0 aromatic carbocycles. The standard InChI is InChI=1S/C20H24N4S/c1-3-24(4-2)20-23-18(13-25-20)17-12-22-19-16(17)10-15(11-21-19)14-8-6-5-7-9-14/h8,10-13H,3-7,9H2,1-2H3,(H,21,22). The Labute approximate surface area is 152 Å². The Bertz CT molecular complexity index is 901. The summed E-state index contributed by atoms with van der Waals surface area (Å²) in [6.07, 6.45) is 11.4. The van der Waals surface area contributed by atoms with Crippen LogP contribution >= 0.6 is 11.3 Å². The van der Waals surface area contributed by atoms with Gasteiger partial charge in [-0.1, -0.05) is 6.08 Å². The van der Waals surface area contributed by atoms with Crippen molar-refractivity contribution in [1.82, 2.24) is 15.0 Å². The predicted molar refractivity (Wildman–Crippen MR) is 107 cm³/mol. The van der Waals surface area contributed by atoms with E-state index in [1.54, 1.807) is 11.3 Å². The number of nitrogens with one attached hydrogen (secondary N) is 1. The fourth-order valence-electron chi connectivity index (χ4n) is 3.52. The van der Waals surface area contributed by atoms with E-state index in [-0.39, 0.29) is 0 Å². The van der Waals surface area contributed by atoms with Crippen molar-refractivity contribution in [3.63, 3.8) is 0 Å². The maximum absolute atomic E-state index is 4.87. The predicted octanol–water partition coefficient (Wildman–Crippen LogP) is 5.49. The molecular formula is C20H24N4S. The molecule has 0 atom stereocenters. The van der Waals surface area contributed by atoms with Crippen LogP contribution in [0.3, 0.4) is 0 Å². The van der Waals surface area contributed by atoms with Gasteiger partial charge in [-0.25, -0.2) is 9.97 Å². The van der Waals surface area contributed by atoms with Crippen LogP contribution in [-0.4, -0.2) is 28.0 Å². The summed E-state index contributed by atoms with van der Waals surface area (Å²) in [5, 5.41) is 4.41. The number of pyridine rings is 1. The minimum Gasteiger partial charge on any atom is -0.349 e. The smallest absolute Gasteiger partial charge is 0.185 e. The molecule has 0 fully saturated rings. The quantitative estimate of drug-likeness (QED) is 0.660. The number of allylic oxidation sites excluding steroid dienone is 2. The van der Waals surface area contributed by atoms with Crippen LogP contribution in [0.25, 0.3) is 27.9 Å². The van der Waals surface area contributed by atoms with E-state index in [2.05, 4.69) is 46.2 Å². The fraction of sp³-hybridized carbons (Fsp3) is 0.400. The van der Waals surface area contributed by atoms with Crippen molar-refractivity contribution in [1.29, 1.82) is 0 Å². The van der Waals surface area contributed by atoms with Gasteiger partial charge in [-0.3, -0.25) is 0 Å². The molecule has 0 saturated carbocycles. The van der Waals surface area contributed by atoms with E-state index < -0.39 is 0 Å². The lowest BCUT2D eigenvalue weighted by Crippen LogP contribution is -2.21. The summed E-state index contributed by atoms with van der Waals surface area (Å²) in [6, 6.07) is 2.28. The summed E-state index contributed by atoms with van der Waals surface area (Å²) in [7, 11) is 0. The van der Waals surface area contributed by atoms with E-state index in [1.807, 2.05) is 12.4 Å². The lowest BCUT2D eigenvalue weighted by molar-refractivity contribution is 0.742. The van der Waals surface area contributed by atoms with Crippen LogP contribution < -0.4 is 4.90 Å². The molecule has 3 aromatic heterocycles. The first-order chi connectivity index (χ1) is 12.3. The van der Waals surface area contributed by atoms with Gasteiger partial charge in [-0.2, -0.15) is 0 Å². The number of anilines is 1. The Hall–Kier alpha value is -2.14. The molecule has 0 amide bonds. The third kappa shape index (κ3) is 3.09. The SMILES string of the molecule is CCN(CC)c1nc(-c2c[nH]c3ncc(C4=CCCCC4)cc23)cs1. The normalized spacial score (nSPS) is 14.7. The minimum atomic E-state index is 0.938. The van der Waals surface area contributed by atoms with Crippen LogP contribution in [0.15, 0.2) is 29.9 Å². The van der Waals surface area contributed by atoms with Gasteiger partial charge in [0.25, 0.3) is 0 Å². The van der Waals surface area contributed by atoms with Crippen LogP contribution in [0.5, 0.6) is 0 Å². The molecule has 3 heterocycles. The molecule has 0 spiro atoms. The molecule has 1 N–H and O–H groups in total. The highest BCUT2D eigenvalue weighted by Gasteiger charge is 2.15. The monoisotopic (exact) mass is 352 g/mol. The molecule has 5 heteroatoms. The van der Waals surface area contributed by atoms with Gasteiger partial charge in [0.2, 0.25) is 0 Å². The van der Waals surface area contributed by atoms with Crippen LogP contribution in [0.2, 0.25) is 0 Å². The highest BCUT2D eigenvalue weighted by molar-refractivity contribution is 7.14. The Kier molecular flexibility index (Phi) is 4.57. The van der Waals surface area contributed by atoms with Crippen LogP contribution in [0.1, 0.15) is 45.1 Å². The van der Waals surface area contributed by atoms with Crippen molar-refractivity contribution < 1.29 is 0 Å². The Balaban J connectivity index is 1.74. The molecule has 4 rings (SSSR count). The van der Waals surface area contributed by atoms with Gasteiger partial charge in [-0.05, 0) is 56.7 Å². The Morgan fingerprint density at radius 2 is 2.12 bits per heavy atom. The molecule has 0 unspecified atom stereocenters. The van der Waals surface area contributed by atoms with E-state index in [1.165, 1.54) is 35.8 Å². The first kappa shape index (κ1) is 16.3. The third-order valence-electron chi connectivity index (χ3n) is 4.99. The van der Waals surface area contributed by atoms with E-state index in [4.69, 9.17) is 4.98 Å². The van der Waals surface area contributed by atoms with Gasteiger partial charge < -0.3 is 9.88 Å². The molecule has 0 saturated heterocycles. The van der Waals surface area contributed by atoms with Gasteiger partial charge in [0.15, 0.2) is 5.13 Å². The van der Waals surface area contributed by atoms with Gasteiger partial charge in [0.1, 0.15) is 5.65 Å². The summed E-state index contributed by atoms with van der Waals surface area (Å²) in [5.41, 5.74) is 5.82. The van der Waals surface area contributed by atoms with E-state index in [9.17, 15) is 0 Å². The second-order valence-electron chi connectivity index (χ2n) is 6.49. The maximum atomic E-state index is 4.87. The van der Waals surface area contributed by atoms with Crippen molar-refractivity contribution in [2.45, 2.75) is 39.5 Å². The number of hydrogen-bond acceptors (Lipinski definition) is 4. The molecule has 0 aliphatic heterocycles. The number of rotatable bonds is 5. The highest BCUT2D eigenvalue weighted by atomic mass is 32.1. The number of aromatic amines is 1. The molecule has 130 valence electrons. The molecule has 0 bridgehead atoms. The van der Waals surface area contributed by atoms with Crippen LogP contribution in [0, 0.1) is 0 Å². The van der Waals surface area contributed by atoms with Crippen molar-refractivity contribution in [2.75, 3.05) is 18.0 Å². The first-order valence-corrected chi connectivity index (χ1v) is 10.1. The van der Waals surface area contributed by atoms with E-state index in [0.29, 0.717) is 0 Å². The zero-order valence-corrected chi connectivity index (χ0v) is 15.7. The zero-order chi connectivity index (χ0) is 17.2. The number of fused-ring (bicyclic) bond motifs is 1. The second-order valence-corrected chi connectivity index (χ2v) is 7.32. The number of hydrogen-bond donors (Lipinski definition) is 1. The molecule has 1 aliphatic rings. The molecule has 0 radical (unpaired) electrons. The minimum absolute atomic E-state index is 0.938. The summed E-state index contributed by atoms with van der Waals surface area (Å²) >= 11 is 1.72. The average molecular weight is 353 g/mol. The maximum Gasteiger partial charge on any atom is 0.185 e. The first-order valence-electron chi connectivity index (χ1n) is 9.17. The average Bonchev–Trinajstić information content (AvgIpc) is 3.30. The van der Waals surface area contributed by atoms with E-state index >= 15 is 0 Å². The topological polar surface area (TPSA) is 44.8 Å². The number of thiazole rings is 1. The third-order valence-corrected chi connectivity index (χ3v) is 5.90. The van der Waals surface area contributed by atoms with Gasteiger partial charge in [0, 0.05) is 41.8 Å². The molecular weight excluding hydrogens is 328 g/mol. The van der Waals surface area contributed by atoms with Gasteiger partial charge >= 0.3 is 0 Å². The van der Waals surface area contributed by atoms with Crippen molar-refractivity contribution in [3.05, 3.63) is 35.5 Å². The molecule has 1 aliphatic carbocycles. The highest BCUT2D eigenvalue weighted by Crippen LogP contribution is 2.34.